The van der Waals surface area contributed by atoms with E-state index in [2.05, 4.69) is 0 Å². The molecular formula is C21H30O7. The first kappa shape index (κ1) is 21.2. The Morgan fingerprint density at radius 1 is 0.893 bits per heavy atom. The van der Waals surface area contributed by atoms with E-state index in [1.165, 1.54) is 0 Å². The number of aliphatic hydroxyl groups excluding tert-OH is 4. The lowest BCUT2D eigenvalue weighted by atomic mass is 9.65. The van der Waals surface area contributed by atoms with E-state index in [-0.39, 0.29) is 46.4 Å². The number of allylic oxidation sites excluding steroid dienone is 2. The zero-order valence-electron chi connectivity index (χ0n) is 16.9. The molecule has 1 heterocycles. The number of hydrogen-bond acceptors (Lipinski definition) is 7. The Morgan fingerprint density at radius 2 is 1.32 bits per heavy atom. The predicted octanol–water partition coefficient (Wildman–Crippen LogP) is 0.994. The Kier molecular flexibility index (Phi) is 5.34. The van der Waals surface area contributed by atoms with Gasteiger partial charge in [-0.2, -0.15) is 0 Å². The summed E-state index contributed by atoms with van der Waals surface area (Å²) in [4.78, 5) is 25.9. The molecule has 28 heavy (non-hydrogen) atoms. The maximum atomic E-state index is 13.0. The Labute approximate surface area is 164 Å². The second-order valence-electron chi connectivity index (χ2n) is 9.87. The minimum Gasteiger partial charge on any atom is -0.465 e. The molecule has 2 aliphatic carbocycles. The molecule has 0 saturated carbocycles. The monoisotopic (exact) mass is 394 g/mol. The van der Waals surface area contributed by atoms with Crippen LogP contribution in [0.1, 0.15) is 53.4 Å². The molecule has 0 radical (unpaired) electrons. The third-order valence-electron chi connectivity index (χ3n) is 5.90. The van der Waals surface area contributed by atoms with Crippen LogP contribution in [0.4, 0.5) is 0 Å². The van der Waals surface area contributed by atoms with Crippen molar-refractivity contribution in [3.05, 3.63) is 22.7 Å². The van der Waals surface area contributed by atoms with Crippen LogP contribution in [0.5, 0.6) is 0 Å². The lowest BCUT2D eigenvalue weighted by Crippen LogP contribution is -2.49. The summed E-state index contributed by atoms with van der Waals surface area (Å²) in [5, 5.41) is 40.2. The van der Waals surface area contributed by atoms with Gasteiger partial charge in [-0.25, -0.2) is 0 Å². The molecule has 0 saturated heterocycles. The van der Waals surface area contributed by atoms with Gasteiger partial charge in [0.2, 0.25) is 0 Å². The smallest absolute Gasteiger partial charge is 0.163 e. The molecular weight excluding hydrogens is 364 g/mol. The average Bonchev–Trinajstić information content (AvgIpc) is 2.55. The third-order valence-corrected chi connectivity index (χ3v) is 5.90. The lowest BCUT2D eigenvalue weighted by Gasteiger charge is -2.44. The first-order valence-corrected chi connectivity index (χ1v) is 9.72. The van der Waals surface area contributed by atoms with Crippen molar-refractivity contribution in [1.82, 2.24) is 0 Å². The minimum absolute atomic E-state index is 0.211. The van der Waals surface area contributed by atoms with Gasteiger partial charge in [0.25, 0.3) is 0 Å². The van der Waals surface area contributed by atoms with E-state index in [9.17, 15) is 24.9 Å². The zero-order chi connectivity index (χ0) is 21.0. The molecule has 0 aromatic heterocycles. The largest absolute Gasteiger partial charge is 0.465 e. The van der Waals surface area contributed by atoms with Crippen LogP contribution in [-0.4, -0.2) is 56.9 Å². The average molecular weight is 394 g/mol. The van der Waals surface area contributed by atoms with Crippen molar-refractivity contribution < 1.29 is 34.8 Å². The number of Topliss-reactive ketones (excluding diaryl/α,β-unsaturated/α-hetero) is 2. The van der Waals surface area contributed by atoms with Gasteiger partial charge >= 0.3 is 0 Å². The lowest BCUT2D eigenvalue weighted by molar-refractivity contribution is -0.125. The van der Waals surface area contributed by atoms with Gasteiger partial charge in [0.1, 0.15) is 23.7 Å². The number of carbonyl (C=O) groups is 2. The molecule has 0 amide bonds. The molecule has 0 bridgehead atoms. The van der Waals surface area contributed by atoms with Gasteiger partial charge in [-0.15, -0.1) is 0 Å². The molecule has 1 aliphatic heterocycles. The molecule has 0 aromatic carbocycles. The van der Waals surface area contributed by atoms with Crippen molar-refractivity contribution in [3.8, 4) is 0 Å². The number of aliphatic hydroxyl groups is 4. The van der Waals surface area contributed by atoms with E-state index in [0.29, 0.717) is 24.4 Å². The summed E-state index contributed by atoms with van der Waals surface area (Å²) in [7, 11) is 0. The second-order valence-corrected chi connectivity index (χ2v) is 9.87. The van der Waals surface area contributed by atoms with Crippen LogP contribution in [0.15, 0.2) is 22.7 Å². The number of ether oxygens (including phenoxy) is 1. The molecule has 7 nitrogen and oxygen atoms in total. The van der Waals surface area contributed by atoms with Gasteiger partial charge in [0.05, 0.1) is 18.6 Å². The normalized spacial score (nSPS) is 27.7. The summed E-state index contributed by atoms with van der Waals surface area (Å²) in [5.41, 5.74) is -0.215. The fourth-order valence-electron chi connectivity index (χ4n) is 4.60. The van der Waals surface area contributed by atoms with Crippen LogP contribution < -0.4 is 0 Å². The minimum atomic E-state index is -1.71. The van der Waals surface area contributed by atoms with E-state index in [4.69, 9.17) is 9.84 Å². The molecule has 7 heteroatoms. The number of hydrogen-bond donors (Lipinski definition) is 4. The third kappa shape index (κ3) is 3.68. The Morgan fingerprint density at radius 3 is 1.71 bits per heavy atom. The van der Waals surface area contributed by atoms with Crippen molar-refractivity contribution in [2.75, 3.05) is 6.61 Å². The zero-order valence-corrected chi connectivity index (χ0v) is 16.9. The number of carbonyl (C=O) groups excluding carboxylic acids is 2. The quantitative estimate of drug-likeness (QED) is 0.560. The molecule has 0 unspecified atom stereocenters. The number of rotatable bonds is 4. The summed E-state index contributed by atoms with van der Waals surface area (Å²) in [6.45, 7) is 7.06. The summed E-state index contributed by atoms with van der Waals surface area (Å²) < 4.78 is 6.07. The van der Waals surface area contributed by atoms with Crippen LogP contribution in [0.2, 0.25) is 0 Å². The molecule has 3 aliphatic rings. The van der Waals surface area contributed by atoms with E-state index in [0.717, 1.165) is 0 Å². The van der Waals surface area contributed by atoms with Gasteiger partial charge in [0, 0.05) is 36.8 Å². The van der Waals surface area contributed by atoms with Crippen LogP contribution >= 0.6 is 0 Å². The summed E-state index contributed by atoms with van der Waals surface area (Å²) in [5.74, 6) is -0.669. The summed E-state index contributed by atoms with van der Waals surface area (Å²) >= 11 is 0. The summed E-state index contributed by atoms with van der Waals surface area (Å²) in [6.07, 6.45) is -3.49. The van der Waals surface area contributed by atoms with Crippen molar-refractivity contribution in [2.45, 2.75) is 71.7 Å². The van der Waals surface area contributed by atoms with E-state index < -0.39 is 30.8 Å². The van der Waals surface area contributed by atoms with E-state index >= 15 is 0 Å². The molecule has 3 rings (SSSR count). The Balaban J connectivity index is 2.12. The second kappa shape index (κ2) is 7.06. The van der Waals surface area contributed by atoms with Crippen LogP contribution in [0.3, 0.4) is 0 Å². The van der Waals surface area contributed by atoms with Crippen LogP contribution in [0.25, 0.3) is 0 Å². The van der Waals surface area contributed by atoms with Crippen molar-refractivity contribution in [1.29, 1.82) is 0 Å². The molecule has 0 fully saturated rings. The topological polar surface area (TPSA) is 124 Å². The highest BCUT2D eigenvalue weighted by atomic mass is 16.5. The predicted molar refractivity (Wildman–Crippen MR) is 99.8 cm³/mol. The van der Waals surface area contributed by atoms with E-state index in [1.807, 2.05) is 27.7 Å². The van der Waals surface area contributed by atoms with Crippen molar-refractivity contribution >= 4 is 11.6 Å². The maximum absolute atomic E-state index is 13.0. The SMILES string of the molecule is CC1(C)CC(=O)C2=C(C1)OC1=C(C(=O)CC(C)(C)C1)C2[C@@H](O)[C@@H](O)[C@H](O)CO. The van der Waals surface area contributed by atoms with Crippen LogP contribution in [-0.2, 0) is 14.3 Å². The summed E-state index contributed by atoms with van der Waals surface area (Å²) in [6, 6.07) is 0. The van der Waals surface area contributed by atoms with Gasteiger partial charge < -0.3 is 25.2 Å². The standard InChI is InChI=1S/C21H30O7/c1-20(2)5-10(23)15-13(7-20)28-14-8-21(3,4)6-11(24)16(14)17(15)19(27)18(26)12(25)9-22/h12,17-19,22,25-27H,5-9H2,1-4H3/t12-,18+,19-/m1/s1. The molecule has 156 valence electrons. The molecule has 0 aromatic rings. The molecule has 3 atom stereocenters. The highest BCUT2D eigenvalue weighted by molar-refractivity contribution is 6.04. The maximum Gasteiger partial charge on any atom is 0.163 e. The molecule has 4 N–H and O–H groups in total. The highest BCUT2D eigenvalue weighted by Crippen LogP contribution is 2.51. The molecule has 0 spiro atoms. The van der Waals surface area contributed by atoms with Gasteiger partial charge in [-0.05, 0) is 10.8 Å². The van der Waals surface area contributed by atoms with E-state index in [1.54, 1.807) is 0 Å². The van der Waals surface area contributed by atoms with Gasteiger partial charge in [-0.1, -0.05) is 27.7 Å². The Hall–Kier alpha value is -1.54. The first-order chi connectivity index (χ1) is 12.9. The van der Waals surface area contributed by atoms with Gasteiger partial charge in [0.15, 0.2) is 11.6 Å². The van der Waals surface area contributed by atoms with Crippen molar-refractivity contribution in [3.63, 3.8) is 0 Å². The highest BCUT2D eigenvalue weighted by Gasteiger charge is 2.51. The first-order valence-electron chi connectivity index (χ1n) is 9.72. The van der Waals surface area contributed by atoms with Gasteiger partial charge in [-0.3, -0.25) is 9.59 Å². The van der Waals surface area contributed by atoms with Crippen molar-refractivity contribution in [2.24, 2.45) is 16.7 Å². The number of ketones is 2. The Bertz CT molecular complexity index is 707. The van der Waals surface area contributed by atoms with Crippen LogP contribution in [0, 0.1) is 16.7 Å². The fraction of sp³-hybridized carbons (Fsp3) is 0.714. The fourth-order valence-corrected chi connectivity index (χ4v) is 4.60.